The van der Waals surface area contributed by atoms with Crippen molar-refractivity contribution in [2.45, 2.75) is 104 Å². The van der Waals surface area contributed by atoms with Gasteiger partial charge in [-0.25, -0.2) is 10.9 Å². The molecule has 3 N–H and O–H groups in total. The molecule has 0 spiro atoms. The van der Waals surface area contributed by atoms with Crippen LogP contribution < -0.4 is 23.3 Å². The highest BCUT2D eigenvalue weighted by Gasteiger charge is 2.36. The van der Waals surface area contributed by atoms with Crippen LogP contribution in [-0.4, -0.2) is 17.0 Å². The Labute approximate surface area is 178 Å². The second-order valence-electron chi connectivity index (χ2n) is 7.97. The van der Waals surface area contributed by atoms with Gasteiger partial charge in [0, 0.05) is 18.4 Å². The van der Waals surface area contributed by atoms with Crippen molar-refractivity contribution in [2.75, 3.05) is 0 Å². The molecular formula is C23H41ClN4. The molecule has 1 aliphatic heterocycles. The average molecular weight is 409 g/mol. The number of amidine groups is 1. The molecule has 1 aliphatic rings. The predicted molar refractivity (Wildman–Crippen MR) is 115 cm³/mol. The largest absolute Gasteiger partial charge is 1.00 e. The van der Waals surface area contributed by atoms with Crippen LogP contribution >= 0.6 is 0 Å². The summed E-state index contributed by atoms with van der Waals surface area (Å²) < 4.78 is 0. The number of halogens is 1. The first-order valence-corrected chi connectivity index (χ1v) is 11.3. The molecule has 2 rings (SSSR count). The van der Waals surface area contributed by atoms with Gasteiger partial charge in [-0.05, 0) is 12.8 Å². The zero-order valence-corrected chi connectivity index (χ0v) is 18.8. The molecule has 2 unspecified atom stereocenters. The summed E-state index contributed by atoms with van der Waals surface area (Å²) in [6.07, 6.45) is 15.4. The predicted octanol–water partition coefficient (Wildman–Crippen LogP) is 1.63. The molecule has 0 bridgehead atoms. The number of hydrazine groups is 1. The first-order chi connectivity index (χ1) is 13.3. The molecule has 0 amide bonds. The third kappa shape index (κ3) is 8.50. The van der Waals surface area contributed by atoms with E-state index in [9.17, 15) is 0 Å². The zero-order chi connectivity index (χ0) is 19.3. The fourth-order valence-corrected chi connectivity index (χ4v) is 3.92. The Morgan fingerprint density at radius 1 is 0.893 bits per heavy atom. The van der Waals surface area contributed by atoms with E-state index >= 15 is 0 Å². The van der Waals surface area contributed by atoms with E-state index in [2.05, 4.69) is 44.2 Å². The van der Waals surface area contributed by atoms with Gasteiger partial charge in [0.15, 0.2) is 5.84 Å². The van der Waals surface area contributed by atoms with Crippen LogP contribution in [0, 0.1) is 0 Å². The summed E-state index contributed by atoms with van der Waals surface area (Å²) in [4.78, 5) is 0. The third-order valence-corrected chi connectivity index (χ3v) is 5.60. The lowest BCUT2D eigenvalue weighted by Crippen LogP contribution is -3.10. The number of hydrogen-bond acceptors (Lipinski definition) is 3. The molecule has 0 aliphatic carbocycles. The summed E-state index contributed by atoms with van der Waals surface area (Å²) in [5.41, 5.74) is 1.34. The number of benzene rings is 1. The van der Waals surface area contributed by atoms with Crippen LogP contribution in [0.25, 0.3) is 0 Å². The molecule has 1 aromatic rings. The lowest BCUT2D eigenvalue weighted by molar-refractivity contribution is -0.948. The minimum absolute atomic E-state index is 0. The van der Waals surface area contributed by atoms with Crippen molar-refractivity contribution in [1.82, 2.24) is 5.01 Å². The highest BCUT2D eigenvalue weighted by molar-refractivity contribution is 5.82. The van der Waals surface area contributed by atoms with Crippen LogP contribution in [0.2, 0.25) is 0 Å². The van der Waals surface area contributed by atoms with Gasteiger partial charge in [-0.1, -0.05) is 101 Å². The normalized spacial score (nSPS) is 18.8. The number of nitrogens with one attached hydrogen (secondary N) is 1. The number of hydrogen-bond donors (Lipinski definition) is 2. The second-order valence-corrected chi connectivity index (χ2v) is 7.97. The van der Waals surface area contributed by atoms with Gasteiger partial charge in [-0.3, -0.25) is 0 Å². The maximum atomic E-state index is 6.53. The first kappa shape index (κ1) is 24.9. The highest BCUT2D eigenvalue weighted by Crippen LogP contribution is 2.14. The summed E-state index contributed by atoms with van der Waals surface area (Å²) in [7, 11) is 0. The number of nitrogens with zero attached hydrogens (tertiary/aromatic N) is 2. The van der Waals surface area contributed by atoms with E-state index in [0.717, 1.165) is 25.2 Å². The summed E-state index contributed by atoms with van der Waals surface area (Å²) in [6, 6.07) is 10.7. The monoisotopic (exact) mass is 408 g/mol. The Morgan fingerprint density at radius 2 is 1.50 bits per heavy atom. The summed E-state index contributed by atoms with van der Waals surface area (Å²) in [5, 5.41) is 8.28. The molecular weight excluding hydrogens is 368 g/mol. The number of unbranched alkanes of at least 4 members (excludes halogenated alkanes) is 8. The van der Waals surface area contributed by atoms with Crippen LogP contribution in [0.1, 0.15) is 96.5 Å². The molecule has 0 aromatic heterocycles. The van der Waals surface area contributed by atoms with Gasteiger partial charge in [0.2, 0.25) is 6.17 Å². The lowest BCUT2D eigenvalue weighted by atomic mass is 10.1. The van der Waals surface area contributed by atoms with Crippen molar-refractivity contribution in [3.63, 3.8) is 0 Å². The van der Waals surface area contributed by atoms with Crippen LogP contribution in [0.3, 0.4) is 0 Å². The van der Waals surface area contributed by atoms with E-state index < -0.39 is 0 Å². The molecule has 160 valence electrons. The van der Waals surface area contributed by atoms with E-state index in [4.69, 9.17) is 10.9 Å². The SMILES string of the molecule is CCCCCCCC1=N[NH+](Cc2ccccc2)C(CCCCCCC)N1N.[Cl-]. The molecule has 28 heavy (non-hydrogen) atoms. The van der Waals surface area contributed by atoms with Crippen molar-refractivity contribution in [2.24, 2.45) is 10.9 Å². The second kappa shape index (κ2) is 14.8. The molecule has 1 aromatic carbocycles. The lowest BCUT2D eigenvalue weighted by Gasteiger charge is -2.23. The van der Waals surface area contributed by atoms with Crippen molar-refractivity contribution < 1.29 is 17.4 Å². The topological polar surface area (TPSA) is 46.1 Å². The fourth-order valence-electron chi connectivity index (χ4n) is 3.92. The highest BCUT2D eigenvalue weighted by atomic mass is 35.5. The average Bonchev–Trinajstić information content (AvgIpc) is 2.97. The van der Waals surface area contributed by atoms with Crippen molar-refractivity contribution in [3.8, 4) is 0 Å². The molecule has 0 saturated carbocycles. The Bertz CT molecular complexity index is 535. The molecule has 4 nitrogen and oxygen atoms in total. The van der Waals surface area contributed by atoms with Gasteiger partial charge < -0.3 is 12.4 Å². The maximum absolute atomic E-state index is 6.53. The Hall–Kier alpha value is -1.10. The molecule has 5 heteroatoms. The van der Waals surface area contributed by atoms with E-state index in [1.807, 2.05) is 5.01 Å². The van der Waals surface area contributed by atoms with Crippen molar-refractivity contribution in [1.29, 1.82) is 0 Å². The van der Waals surface area contributed by atoms with Gasteiger partial charge in [0.05, 0.1) is 0 Å². The minimum atomic E-state index is 0. The summed E-state index contributed by atoms with van der Waals surface area (Å²) >= 11 is 0. The Balaban J connectivity index is 0.00000392. The smallest absolute Gasteiger partial charge is 0.202 e. The summed E-state index contributed by atoms with van der Waals surface area (Å²) in [6.45, 7) is 5.46. The molecule has 0 saturated heterocycles. The van der Waals surface area contributed by atoms with Gasteiger partial charge in [0.25, 0.3) is 0 Å². The molecule has 0 radical (unpaired) electrons. The zero-order valence-electron chi connectivity index (χ0n) is 18.0. The van der Waals surface area contributed by atoms with E-state index in [1.165, 1.54) is 74.8 Å². The minimum Gasteiger partial charge on any atom is -1.00 e. The Kier molecular flexibility index (Phi) is 13.2. The Morgan fingerprint density at radius 3 is 2.14 bits per heavy atom. The van der Waals surface area contributed by atoms with Crippen LogP contribution in [0.15, 0.2) is 35.4 Å². The van der Waals surface area contributed by atoms with Crippen LogP contribution in [-0.2, 0) is 6.54 Å². The van der Waals surface area contributed by atoms with Gasteiger partial charge >= 0.3 is 0 Å². The van der Waals surface area contributed by atoms with Gasteiger partial charge in [-0.2, -0.15) is 5.01 Å². The maximum Gasteiger partial charge on any atom is 0.202 e. The number of quaternary nitrogens is 1. The van der Waals surface area contributed by atoms with E-state index in [0.29, 0.717) is 0 Å². The molecule has 1 heterocycles. The standard InChI is InChI=1S/C23H40N4.ClH/c1-3-5-7-9-14-18-22-25-26(20-21-16-12-11-13-17-21)23(27(22)24)19-15-10-8-6-4-2;/h11-13,16-17,23H,3-10,14-15,18-20,24H2,1-2H3;1H. The van der Waals surface area contributed by atoms with Gasteiger partial charge in [0.1, 0.15) is 6.54 Å². The fraction of sp³-hybridized carbons (Fsp3) is 0.696. The quantitative estimate of drug-likeness (QED) is 0.363. The first-order valence-electron chi connectivity index (χ1n) is 11.3. The summed E-state index contributed by atoms with van der Waals surface area (Å²) in [5.74, 6) is 7.64. The molecule has 2 atom stereocenters. The van der Waals surface area contributed by atoms with Crippen LogP contribution in [0.4, 0.5) is 0 Å². The van der Waals surface area contributed by atoms with E-state index in [1.54, 1.807) is 0 Å². The number of nitrogens with two attached hydrogens (primary N) is 1. The number of rotatable bonds is 14. The van der Waals surface area contributed by atoms with Crippen LogP contribution in [0.5, 0.6) is 0 Å². The van der Waals surface area contributed by atoms with E-state index in [-0.39, 0.29) is 18.6 Å². The molecule has 0 fully saturated rings. The third-order valence-electron chi connectivity index (χ3n) is 5.60. The van der Waals surface area contributed by atoms with Crippen molar-refractivity contribution in [3.05, 3.63) is 35.9 Å². The van der Waals surface area contributed by atoms with Gasteiger partial charge in [-0.15, -0.1) is 0 Å². The van der Waals surface area contributed by atoms with Crippen molar-refractivity contribution >= 4 is 5.84 Å².